The van der Waals surface area contributed by atoms with E-state index in [1.807, 2.05) is 36.5 Å². The smallest absolute Gasteiger partial charge is 0.248 e. The zero-order valence-corrected chi connectivity index (χ0v) is 14.0. The molecule has 130 valence electrons. The number of benzene rings is 2. The molecule has 0 saturated carbocycles. The van der Waals surface area contributed by atoms with Gasteiger partial charge in [0.05, 0.1) is 5.69 Å². The molecule has 2 aromatic carbocycles. The van der Waals surface area contributed by atoms with E-state index in [1.54, 1.807) is 41.2 Å². The van der Waals surface area contributed by atoms with Crippen LogP contribution >= 0.6 is 0 Å². The Kier molecular flexibility index (Phi) is 5.24. The molecule has 0 radical (unpaired) electrons. The molecule has 2 amide bonds. The number of amides is 2. The van der Waals surface area contributed by atoms with Gasteiger partial charge >= 0.3 is 0 Å². The second kappa shape index (κ2) is 7.94. The molecule has 3 rings (SSSR count). The fourth-order valence-electron chi connectivity index (χ4n) is 2.47. The zero-order valence-electron chi connectivity index (χ0n) is 14.0. The van der Waals surface area contributed by atoms with E-state index < -0.39 is 5.91 Å². The number of nitrogens with zero attached hydrogens (tertiary/aromatic N) is 2. The molecule has 0 fully saturated rings. The molecule has 0 aliphatic rings. The van der Waals surface area contributed by atoms with E-state index in [4.69, 9.17) is 5.73 Å². The molecule has 0 unspecified atom stereocenters. The van der Waals surface area contributed by atoms with E-state index in [1.165, 1.54) is 6.08 Å². The van der Waals surface area contributed by atoms with Crippen molar-refractivity contribution in [2.24, 2.45) is 5.73 Å². The SMILES string of the molecule is NC(=O)c1ccc(/C=C/C(=O)NCc2ccccc2-n2cccn2)cc1. The first-order valence-corrected chi connectivity index (χ1v) is 8.07. The van der Waals surface area contributed by atoms with Crippen molar-refractivity contribution < 1.29 is 9.59 Å². The highest BCUT2D eigenvalue weighted by molar-refractivity contribution is 5.94. The van der Waals surface area contributed by atoms with E-state index in [0.29, 0.717) is 12.1 Å². The summed E-state index contributed by atoms with van der Waals surface area (Å²) in [6.45, 7) is 0.389. The number of rotatable bonds is 6. The summed E-state index contributed by atoms with van der Waals surface area (Å²) in [6.07, 6.45) is 6.70. The first-order valence-electron chi connectivity index (χ1n) is 8.07. The number of hydrogen-bond acceptors (Lipinski definition) is 3. The van der Waals surface area contributed by atoms with Crippen molar-refractivity contribution in [2.75, 3.05) is 0 Å². The molecular weight excluding hydrogens is 328 g/mol. The third-order valence-electron chi connectivity index (χ3n) is 3.82. The van der Waals surface area contributed by atoms with Gasteiger partial charge < -0.3 is 11.1 Å². The van der Waals surface area contributed by atoms with Crippen molar-refractivity contribution in [2.45, 2.75) is 6.54 Å². The van der Waals surface area contributed by atoms with Crippen molar-refractivity contribution in [3.63, 3.8) is 0 Å². The van der Waals surface area contributed by atoms with Gasteiger partial charge in [-0.15, -0.1) is 0 Å². The average molecular weight is 346 g/mol. The van der Waals surface area contributed by atoms with E-state index in [0.717, 1.165) is 16.8 Å². The van der Waals surface area contributed by atoms with Crippen LogP contribution in [0.1, 0.15) is 21.5 Å². The predicted octanol–water partition coefficient (Wildman–Crippen LogP) is 2.30. The number of carbonyl (C=O) groups is 2. The maximum Gasteiger partial charge on any atom is 0.248 e. The van der Waals surface area contributed by atoms with Gasteiger partial charge in [-0.25, -0.2) is 4.68 Å². The molecule has 6 heteroatoms. The average Bonchev–Trinajstić information content (AvgIpc) is 3.20. The van der Waals surface area contributed by atoms with Crippen LogP contribution in [0, 0.1) is 0 Å². The van der Waals surface area contributed by atoms with Gasteiger partial charge in [0.15, 0.2) is 0 Å². The molecule has 0 aliphatic carbocycles. The lowest BCUT2D eigenvalue weighted by Crippen LogP contribution is -2.21. The Bertz CT molecular complexity index is 929. The van der Waals surface area contributed by atoms with Crippen LogP contribution in [0.3, 0.4) is 0 Å². The number of carbonyl (C=O) groups excluding carboxylic acids is 2. The van der Waals surface area contributed by atoms with Crippen molar-refractivity contribution >= 4 is 17.9 Å². The second-order valence-electron chi connectivity index (χ2n) is 5.62. The molecule has 1 heterocycles. The van der Waals surface area contributed by atoms with Crippen molar-refractivity contribution in [1.82, 2.24) is 15.1 Å². The van der Waals surface area contributed by atoms with Gasteiger partial charge in [0.25, 0.3) is 0 Å². The highest BCUT2D eigenvalue weighted by atomic mass is 16.1. The summed E-state index contributed by atoms with van der Waals surface area (Å²) < 4.78 is 1.76. The Morgan fingerprint density at radius 3 is 2.54 bits per heavy atom. The Balaban J connectivity index is 1.62. The Hall–Kier alpha value is -3.67. The highest BCUT2D eigenvalue weighted by Crippen LogP contribution is 2.13. The van der Waals surface area contributed by atoms with Crippen LogP contribution in [-0.4, -0.2) is 21.6 Å². The number of hydrogen-bond donors (Lipinski definition) is 2. The third kappa shape index (κ3) is 4.24. The monoisotopic (exact) mass is 346 g/mol. The summed E-state index contributed by atoms with van der Waals surface area (Å²) in [4.78, 5) is 23.1. The minimum atomic E-state index is -0.478. The topological polar surface area (TPSA) is 90.0 Å². The standard InChI is InChI=1S/C20H18N4O2/c21-20(26)16-9-6-15(7-10-16)8-11-19(25)22-14-17-4-1-2-5-18(17)24-13-3-12-23-24/h1-13H,14H2,(H2,21,26)(H,22,25)/b11-8+. The Morgan fingerprint density at radius 1 is 1.08 bits per heavy atom. The molecule has 0 spiro atoms. The van der Waals surface area contributed by atoms with Crippen LogP contribution < -0.4 is 11.1 Å². The largest absolute Gasteiger partial charge is 0.366 e. The Labute approximate surface area is 151 Å². The fourth-order valence-corrected chi connectivity index (χ4v) is 2.47. The van der Waals surface area contributed by atoms with Gasteiger partial charge in [0, 0.05) is 30.6 Å². The molecule has 26 heavy (non-hydrogen) atoms. The van der Waals surface area contributed by atoms with E-state index in [-0.39, 0.29) is 5.91 Å². The van der Waals surface area contributed by atoms with Crippen LogP contribution in [0.15, 0.2) is 73.1 Å². The van der Waals surface area contributed by atoms with Crippen molar-refractivity contribution in [3.05, 3.63) is 89.8 Å². The number of nitrogens with two attached hydrogens (primary N) is 1. The molecule has 0 saturated heterocycles. The summed E-state index contributed by atoms with van der Waals surface area (Å²) in [7, 11) is 0. The summed E-state index contributed by atoms with van der Waals surface area (Å²) >= 11 is 0. The summed E-state index contributed by atoms with van der Waals surface area (Å²) in [6, 6.07) is 16.3. The van der Waals surface area contributed by atoms with Gasteiger partial charge in [0.1, 0.15) is 0 Å². The van der Waals surface area contributed by atoms with Gasteiger partial charge in [-0.1, -0.05) is 30.3 Å². The lowest BCUT2D eigenvalue weighted by molar-refractivity contribution is -0.116. The maximum atomic E-state index is 12.1. The quantitative estimate of drug-likeness (QED) is 0.671. The predicted molar refractivity (Wildman–Crippen MR) is 99.4 cm³/mol. The van der Waals surface area contributed by atoms with Gasteiger partial charge in [-0.05, 0) is 41.5 Å². The number of para-hydroxylation sites is 1. The minimum Gasteiger partial charge on any atom is -0.366 e. The molecule has 0 aliphatic heterocycles. The lowest BCUT2D eigenvalue weighted by Gasteiger charge is -2.09. The van der Waals surface area contributed by atoms with Gasteiger partial charge in [-0.3, -0.25) is 9.59 Å². The summed E-state index contributed by atoms with van der Waals surface area (Å²) in [5.74, 6) is -0.687. The minimum absolute atomic E-state index is 0.209. The van der Waals surface area contributed by atoms with Crippen molar-refractivity contribution in [3.8, 4) is 5.69 Å². The van der Waals surface area contributed by atoms with E-state index in [9.17, 15) is 9.59 Å². The van der Waals surface area contributed by atoms with E-state index in [2.05, 4.69) is 10.4 Å². The van der Waals surface area contributed by atoms with Crippen LogP contribution in [0.25, 0.3) is 11.8 Å². The molecule has 1 aromatic heterocycles. The van der Waals surface area contributed by atoms with Crippen molar-refractivity contribution in [1.29, 1.82) is 0 Å². The van der Waals surface area contributed by atoms with Crippen LogP contribution in [0.4, 0.5) is 0 Å². The molecule has 0 atom stereocenters. The third-order valence-corrected chi connectivity index (χ3v) is 3.82. The molecule has 0 bridgehead atoms. The first kappa shape index (κ1) is 17.2. The summed E-state index contributed by atoms with van der Waals surface area (Å²) in [5.41, 5.74) is 8.32. The normalized spacial score (nSPS) is 10.8. The number of nitrogens with one attached hydrogen (secondary N) is 1. The molecule has 3 N–H and O–H groups in total. The van der Waals surface area contributed by atoms with Gasteiger partial charge in [-0.2, -0.15) is 5.10 Å². The fraction of sp³-hybridized carbons (Fsp3) is 0.0500. The van der Waals surface area contributed by atoms with Gasteiger partial charge in [0.2, 0.25) is 11.8 Å². The van der Waals surface area contributed by atoms with Crippen LogP contribution in [0.2, 0.25) is 0 Å². The van der Waals surface area contributed by atoms with Crippen LogP contribution in [0.5, 0.6) is 0 Å². The maximum absolute atomic E-state index is 12.1. The zero-order chi connectivity index (χ0) is 18.4. The first-order chi connectivity index (χ1) is 12.6. The highest BCUT2D eigenvalue weighted by Gasteiger charge is 2.05. The van der Waals surface area contributed by atoms with Crippen LogP contribution in [-0.2, 0) is 11.3 Å². The molecule has 6 nitrogen and oxygen atoms in total. The lowest BCUT2D eigenvalue weighted by atomic mass is 10.1. The Morgan fingerprint density at radius 2 is 1.85 bits per heavy atom. The molecular formula is C20H18N4O2. The number of aromatic nitrogens is 2. The van der Waals surface area contributed by atoms with E-state index >= 15 is 0 Å². The molecule has 3 aromatic rings. The summed E-state index contributed by atoms with van der Waals surface area (Å²) in [5, 5.41) is 7.09. The second-order valence-corrected chi connectivity index (χ2v) is 5.62. The number of primary amides is 1.